The zero-order chi connectivity index (χ0) is 16.8. The molecule has 3 rings (SSSR count). The molecule has 0 radical (unpaired) electrons. The van der Waals surface area contributed by atoms with Crippen LogP contribution in [0.4, 0.5) is 5.69 Å². The van der Waals surface area contributed by atoms with Crippen molar-refractivity contribution < 1.29 is 4.74 Å². The third-order valence-corrected chi connectivity index (χ3v) is 5.60. The molecular formula is C19H29N3OS. The summed E-state index contributed by atoms with van der Waals surface area (Å²) in [4.78, 5) is 2.64. The van der Waals surface area contributed by atoms with Crippen molar-refractivity contribution in [3.05, 3.63) is 29.8 Å². The second-order valence-electron chi connectivity index (χ2n) is 7.06. The van der Waals surface area contributed by atoms with Crippen LogP contribution >= 0.6 is 12.2 Å². The molecular weight excluding hydrogens is 318 g/mol. The van der Waals surface area contributed by atoms with Gasteiger partial charge in [-0.1, -0.05) is 37.0 Å². The van der Waals surface area contributed by atoms with E-state index in [1.807, 2.05) is 0 Å². The van der Waals surface area contributed by atoms with E-state index in [9.17, 15) is 0 Å². The Kier molecular flexibility index (Phi) is 6.09. The summed E-state index contributed by atoms with van der Waals surface area (Å²) in [5.41, 5.74) is 2.54. The maximum Gasteiger partial charge on any atom is 0.170 e. The van der Waals surface area contributed by atoms with Crippen molar-refractivity contribution in [1.29, 1.82) is 0 Å². The van der Waals surface area contributed by atoms with Gasteiger partial charge in [-0.2, -0.15) is 0 Å². The summed E-state index contributed by atoms with van der Waals surface area (Å²) in [6, 6.07) is 8.34. The first-order chi connectivity index (χ1) is 11.7. The normalized spacial score (nSPS) is 21.2. The van der Waals surface area contributed by atoms with Crippen molar-refractivity contribution in [2.45, 2.75) is 44.6 Å². The Morgan fingerprint density at radius 1 is 1.12 bits per heavy atom. The molecule has 2 N–H and O–H groups in total. The molecule has 0 aromatic heterocycles. The van der Waals surface area contributed by atoms with Gasteiger partial charge in [0, 0.05) is 30.9 Å². The molecule has 0 unspecified atom stereocenters. The van der Waals surface area contributed by atoms with E-state index in [2.05, 4.69) is 46.7 Å². The second-order valence-corrected chi connectivity index (χ2v) is 7.47. The highest BCUT2D eigenvalue weighted by atomic mass is 32.1. The number of hydrogen-bond donors (Lipinski definition) is 2. The number of aryl methyl sites for hydroxylation is 1. The highest BCUT2D eigenvalue weighted by Gasteiger charge is 2.38. The van der Waals surface area contributed by atoms with E-state index in [0.717, 1.165) is 43.6 Å². The van der Waals surface area contributed by atoms with Gasteiger partial charge in [0.25, 0.3) is 0 Å². The molecule has 5 heteroatoms. The molecule has 2 fully saturated rings. The molecule has 24 heavy (non-hydrogen) atoms. The van der Waals surface area contributed by atoms with Crippen molar-refractivity contribution in [2.24, 2.45) is 0 Å². The van der Waals surface area contributed by atoms with Crippen LogP contribution in [-0.2, 0) is 4.74 Å². The Labute approximate surface area is 150 Å². The first-order valence-corrected chi connectivity index (χ1v) is 9.53. The smallest absolute Gasteiger partial charge is 0.170 e. The molecule has 132 valence electrons. The Morgan fingerprint density at radius 2 is 1.79 bits per heavy atom. The monoisotopic (exact) mass is 347 g/mol. The fourth-order valence-corrected chi connectivity index (χ4v) is 4.10. The zero-order valence-electron chi connectivity index (χ0n) is 14.6. The molecule has 1 aliphatic carbocycles. The molecule has 1 heterocycles. The van der Waals surface area contributed by atoms with Crippen LogP contribution in [0.2, 0.25) is 0 Å². The fourth-order valence-electron chi connectivity index (χ4n) is 3.91. The van der Waals surface area contributed by atoms with E-state index in [4.69, 9.17) is 17.0 Å². The van der Waals surface area contributed by atoms with Gasteiger partial charge < -0.3 is 15.4 Å². The zero-order valence-corrected chi connectivity index (χ0v) is 15.5. The lowest BCUT2D eigenvalue weighted by Gasteiger charge is -2.48. The van der Waals surface area contributed by atoms with Crippen LogP contribution in [0.3, 0.4) is 0 Å². The van der Waals surface area contributed by atoms with E-state index in [1.165, 1.54) is 37.7 Å². The number of benzene rings is 1. The van der Waals surface area contributed by atoms with Gasteiger partial charge in [0.05, 0.1) is 13.2 Å². The number of anilines is 1. The molecule has 0 bridgehead atoms. The standard InChI is InChI=1S/C19H29N3OS/c1-16-5-7-17(8-6-16)21-18(24)20-15-19(9-3-2-4-10-19)22-11-13-23-14-12-22/h5-8H,2-4,9-15H2,1H3,(H2,20,21,24). The topological polar surface area (TPSA) is 36.5 Å². The lowest BCUT2D eigenvalue weighted by molar-refractivity contribution is -0.0351. The third-order valence-electron chi connectivity index (χ3n) is 5.35. The molecule has 4 nitrogen and oxygen atoms in total. The van der Waals surface area contributed by atoms with Crippen molar-refractivity contribution in [3.8, 4) is 0 Å². The van der Waals surface area contributed by atoms with Crippen LogP contribution < -0.4 is 10.6 Å². The van der Waals surface area contributed by atoms with Gasteiger partial charge in [-0.05, 0) is 44.1 Å². The molecule has 0 amide bonds. The summed E-state index contributed by atoms with van der Waals surface area (Å²) in [5.74, 6) is 0. The van der Waals surface area contributed by atoms with Crippen LogP contribution in [-0.4, -0.2) is 48.4 Å². The summed E-state index contributed by atoms with van der Waals surface area (Å²) in [6.45, 7) is 6.81. The third kappa shape index (κ3) is 4.47. The fraction of sp³-hybridized carbons (Fsp3) is 0.632. The SMILES string of the molecule is Cc1ccc(NC(=S)NCC2(N3CCOCC3)CCCCC2)cc1. The van der Waals surface area contributed by atoms with Gasteiger partial charge in [0.2, 0.25) is 0 Å². The molecule has 1 aromatic carbocycles. The van der Waals surface area contributed by atoms with Gasteiger partial charge in [-0.3, -0.25) is 4.90 Å². The summed E-state index contributed by atoms with van der Waals surface area (Å²) < 4.78 is 5.55. The van der Waals surface area contributed by atoms with E-state index in [0.29, 0.717) is 0 Å². The Hall–Kier alpha value is -1.17. The predicted octanol–water partition coefficient (Wildman–Crippen LogP) is 3.32. The molecule has 0 spiro atoms. The lowest BCUT2D eigenvalue weighted by Crippen LogP contribution is -2.60. The molecule has 1 aliphatic heterocycles. The van der Waals surface area contributed by atoms with Gasteiger partial charge in [0.15, 0.2) is 5.11 Å². The minimum Gasteiger partial charge on any atom is -0.379 e. The summed E-state index contributed by atoms with van der Waals surface area (Å²) in [7, 11) is 0. The van der Waals surface area contributed by atoms with Gasteiger partial charge in [-0.25, -0.2) is 0 Å². The molecule has 0 atom stereocenters. The molecule has 1 aromatic rings. The first kappa shape index (κ1) is 17.6. The number of nitrogens with one attached hydrogen (secondary N) is 2. The number of nitrogens with zero attached hydrogens (tertiary/aromatic N) is 1. The average molecular weight is 348 g/mol. The van der Waals surface area contributed by atoms with Crippen molar-refractivity contribution >= 4 is 23.0 Å². The highest BCUT2D eigenvalue weighted by Crippen LogP contribution is 2.33. The van der Waals surface area contributed by atoms with Crippen molar-refractivity contribution in [1.82, 2.24) is 10.2 Å². The maximum absolute atomic E-state index is 5.55. The largest absolute Gasteiger partial charge is 0.379 e. The summed E-state index contributed by atoms with van der Waals surface area (Å²) in [6.07, 6.45) is 6.51. The number of hydrogen-bond acceptors (Lipinski definition) is 3. The van der Waals surface area contributed by atoms with E-state index < -0.39 is 0 Å². The molecule has 1 saturated heterocycles. The van der Waals surface area contributed by atoms with Crippen LogP contribution in [0, 0.1) is 6.92 Å². The Balaban J connectivity index is 1.58. The number of thiocarbonyl (C=S) groups is 1. The van der Waals surface area contributed by atoms with E-state index in [-0.39, 0.29) is 5.54 Å². The quantitative estimate of drug-likeness (QED) is 0.817. The minimum atomic E-state index is 0.237. The van der Waals surface area contributed by atoms with Gasteiger partial charge in [-0.15, -0.1) is 0 Å². The number of morpholine rings is 1. The highest BCUT2D eigenvalue weighted by molar-refractivity contribution is 7.80. The lowest BCUT2D eigenvalue weighted by atomic mass is 9.80. The van der Waals surface area contributed by atoms with Crippen molar-refractivity contribution in [2.75, 3.05) is 38.2 Å². The van der Waals surface area contributed by atoms with Crippen molar-refractivity contribution in [3.63, 3.8) is 0 Å². The Bertz CT molecular complexity index is 534. The van der Waals surface area contributed by atoms with Gasteiger partial charge >= 0.3 is 0 Å². The molecule has 2 aliphatic rings. The van der Waals surface area contributed by atoms with Crippen LogP contribution in [0.5, 0.6) is 0 Å². The summed E-state index contributed by atoms with van der Waals surface area (Å²) >= 11 is 5.52. The Morgan fingerprint density at radius 3 is 2.46 bits per heavy atom. The average Bonchev–Trinajstić information content (AvgIpc) is 2.63. The summed E-state index contributed by atoms with van der Waals surface area (Å²) in [5, 5.41) is 7.52. The van der Waals surface area contributed by atoms with E-state index >= 15 is 0 Å². The minimum absolute atomic E-state index is 0.237. The second kappa shape index (κ2) is 8.28. The number of rotatable bonds is 4. The number of ether oxygens (including phenoxy) is 1. The van der Waals surface area contributed by atoms with Crippen LogP contribution in [0.1, 0.15) is 37.7 Å². The van der Waals surface area contributed by atoms with Crippen LogP contribution in [0.15, 0.2) is 24.3 Å². The maximum atomic E-state index is 5.55. The molecule has 1 saturated carbocycles. The van der Waals surface area contributed by atoms with Crippen LogP contribution in [0.25, 0.3) is 0 Å². The van der Waals surface area contributed by atoms with E-state index in [1.54, 1.807) is 0 Å². The first-order valence-electron chi connectivity index (χ1n) is 9.12. The predicted molar refractivity (Wildman–Crippen MR) is 104 cm³/mol. The van der Waals surface area contributed by atoms with Gasteiger partial charge in [0.1, 0.15) is 0 Å².